The van der Waals surface area contributed by atoms with Gasteiger partial charge in [0.25, 0.3) is 0 Å². The largest absolute Gasteiger partial charge is 0.463 e. The van der Waals surface area contributed by atoms with Gasteiger partial charge >= 0.3 is 5.97 Å². The fraction of sp³-hybridized carbons (Fsp3) is 0.786. The van der Waals surface area contributed by atoms with Crippen LogP contribution < -0.4 is 5.32 Å². The van der Waals surface area contributed by atoms with E-state index < -0.39 is 0 Å². The van der Waals surface area contributed by atoms with Gasteiger partial charge in [0.15, 0.2) is 0 Å². The van der Waals surface area contributed by atoms with Crippen LogP contribution in [0.3, 0.4) is 0 Å². The zero-order valence-corrected chi connectivity index (χ0v) is 11.8. The Bertz CT molecular complexity index is 247. The number of rotatable bonds is 9. The van der Waals surface area contributed by atoms with Crippen molar-refractivity contribution >= 4 is 5.97 Å². The summed E-state index contributed by atoms with van der Waals surface area (Å²) in [5.74, 6) is -0.157. The lowest BCUT2D eigenvalue weighted by atomic mass is 10.1. The van der Waals surface area contributed by atoms with E-state index in [2.05, 4.69) is 26.1 Å². The molecule has 0 radical (unpaired) electrons. The molecule has 0 rings (SSSR count). The number of esters is 1. The van der Waals surface area contributed by atoms with Gasteiger partial charge in [-0.3, -0.25) is 0 Å². The molecule has 0 atom stereocenters. The molecule has 0 aliphatic heterocycles. The lowest BCUT2D eigenvalue weighted by molar-refractivity contribution is -0.138. The van der Waals surface area contributed by atoms with E-state index >= 15 is 0 Å². The van der Waals surface area contributed by atoms with E-state index in [0.29, 0.717) is 6.61 Å². The number of ether oxygens (including phenoxy) is 1. The first-order valence-corrected chi connectivity index (χ1v) is 6.84. The number of carbonyl (C=O) groups excluding carboxylic acids is 1. The Balaban J connectivity index is 4.69. The molecule has 17 heavy (non-hydrogen) atoms. The molecule has 0 spiro atoms. The molecule has 0 saturated heterocycles. The summed E-state index contributed by atoms with van der Waals surface area (Å²) in [7, 11) is 0. The van der Waals surface area contributed by atoms with E-state index in [1.165, 1.54) is 0 Å². The summed E-state index contributed by atoms with van der Waals surface area (Å²) in [5, 5.41) is 3.37. The van der Waals surface area contributed by atoms with Crippen LogP contribution >= 0.6 is 0 Å². The van der Waals surface area contributed by atoms with Gasteiger partial charge in [-0.2, -0.15) is 0 Å². The topological polar surface area (TPSA) is 38.3 Å². The third-order valence-electron chi connectivity index (χ3n) is 2.61. The van der Waals surface area contributed by atoms with Crippen LogP contribution in [0.15, 0.2) is 11.3 Å². The van der Waals surface area contributed by atoms with Crippen LogP contribution in [0.4, 0.5) is 0 Å². The average Bonchev–Trinajstić information content (AvgIpc) is 2.33. The standard InChI is InChI=1S/C14H27NO2/c1-5-9-11-15-13(7-3)12(10-6-2)14(16)17-8-4/h15H,5-11H2,1-4H3. The lowest BCUT2D eigenvalue weighted by Gasteiger charge is -2.14. The van der Waals surface area contributed by atoms with E-state index in [1.54, 1.807) is 0 Å². The van der Waals surface area contributed by atoms with Crippen LogP contribution in [-0.2, 0) is 9.53 Å². The van der Waals surface area contributed by atoms with Gasteiger partial charge in [-0.1, -0.05) is 33.6 Å². The van der Waals surface area contributed by atoms with Gasteiger partial charge in [0.2, 0.25) is 0 Å². The number of hydrogen-bond acceptors (Lipinski definition) is 3. The van der Waals surface area contributed by atoms with Gasteiger partial charge in [0, 0.05) is 12.2 Å². The van der Waals surface area contributed by atoms with Crippen molar-refractivity contribution in [3.8, 4) is 0 Å². The molecule has 0 amide bonds. The molecular weight excluding hydrogens is 214 g/mol. The van der Waals surface area contributed by atoms with Gasteiger partial charge in [0.05, 0.1) is 12.2 Å². The van der Waals surface area contributed by atoms with Gasteiger partial charge in [-0.25, -0.2) is 4.79 Å². The molecule has 100 valence electrons. The molecule has 0 aromatic heterocycles. The predicted octanol–water partition coefficient (Wildman–Crippen LogP) is 3.40. The summed E-state index contributed by atoms with van der Waals surface area (Å²) in [6.07, 6.45) is 4.91. The normalized spacial score (nSPS) is 12.0. The van der Waals surface area contributed by atoms with Crippen LogP contribution in [0.2, 0.25) is 0 Å². The Kier molecular flexibility index (Phi) is 9.59. The highest BCUT2D eigenvalue weighted by Gasteiger charge is 2.14. The third kappa shape index (κ3) is 6.35. The highest BCUT2D eigenvalue weighted by molar-refractivity contribution is 5.89. The monoisotopic (exact) mass is 241 g/mol. The molecule has 0 aromatic carbocycles. The maximum atomic E-state index is 11.8. The van der Waals surface area contributed by atoms with E-state index in [-0.39, 0.29) is 5.97 Å². The molecule has 0 saturated carbocycles. The maximum Gasteiger partial charge on any atom is 0.335 e. The summed E-state index contributed by atoms with van der Waals surface area (Å²) in [5.41, 5.74) is 1.88. The van der Waals surface area contributed by atoms with Crippen molar-refractivity contribution in [2.45, 2.75) is 59.8 Å². The molecule has 0 bridgehead atoms. The minimum atomic E-state index is -0.157. The van der Waals surface area contributed by atoms with E-state index in [0.717, 1.165) is 49.9 Å². The summed E-state index contributed by atoms with van der Waals surface area (Å²) < 4.78 is 5.11. The molecule has 0 heterocycles. The predicted molar refractivity (Wildman–Crippen MR) is 71.8 cm³/mol. The molecule has 0 aliphatic rings. The van der Waals surface area contributed by atoms with Gasteiger partial charge < -0.3 is 10.1 Å². The molecule has 0 aromatic rings. The molecule has 3 nitrogen and oxygen atoms in total. The second kappa shape index (κ2) is 10.2. The van der Waals surface area contributed by atoms with Crippen molar-refractivity contribution < 1.29 is 9.53 Å². The average molecular weight is 241 g/mol. The lowest BCUT2D eigenvalue weighted by Crippen LogP contribution is -2.20. The zero-order chi connectivity index (χ0) is 13.1. The van der Waals surface area contributed by atoms with Crippen LogP contribution in [0, 0.1) is 0 Å². The second-order valence-electron chi connectivity index (χ2n) is 4.06. The van der Waals surface area contributed by atoms with Crippen LogP contribution in [0.25, 0.3) is 0 Å². The van der Waals surface area contributed by atoms with Crippen LogP contribution in [-0.4, -0.2) is 19.1 Å². The van der Waals surface area contributed by atoms with Crippen LogP contribution in [0.1, 0.15) is 59.8 Å². The summed E-state index contributed by atoms with van der Waals surface area (Å²) in [4.78, 5) is 11.8. The van der Waals surface area contributed by atoms with Crippen molar-refractivity contribution in [1.29, 1.82) is 0 Å². The Morgan fingerprint density at radius 2 is 1.82 bits per heavy atom. The molecule has 0 unspecified atom stereocenters. The van der Waals surface area contributed by atoms with Gasteiger partial charge in [-0.15, -0.1) is 0 Å². The van der Waals surface area contributed by atoms with E-state index in [1.807, 2.05) is 6.92 Å². The minimum absolute atomic E-state index is 0.157. The molecule has 1 N–H and O–H groups in total. The van der Waals surface area contributed by atoms with Crippen molar-refractivity contribution in [2.75, 3.05) is 13.2 Å². The Morgan fingerprint density at radius 1 is 1.12 bits per heavy atom. The highest BCUT2D eigenvalue weighted by Crippen LogP contribution is 2.14. The fourth-order valence-corrected chi connectivity index (χ4v) is 1.71. The Morgan fingerprint density at radius 3 is 2.29 bits per heavy atom. The second-order valence-corrected chi connectivity index (χ2v) is 4.06. The number of allylic oxidation sites excluding steroid dienone is 1. The Hall–Kier alpha value is -0.990. The quantitative estimate of drug-likeness (QED) is 0.382. The third-order valence-corrected chi connectivity index (χ3v) is 2.61. The first kappa shape index (κ1) is 16.0. The molecule has 0 aliphatic carbocycles. The minimum Gasteiger partial charge on any atom is -0.463 e. The number of unbranched alkanes of at least 4 members (excludes halogenated alkanes) is 1. The summed E-state index contributed by atoms with van der Waals surface area (Å²) in [6.45, 7) is 9.54. The van der Waals surface area contributed by atoms with Gasteiger partial charge in [-0.05, 0) is 26.2 Å². The van der Waals surface area contributed by atoms with Crippen molar-refractivity contribution in [3.05, 3.63) is 11.3 Å². The first-order chi connectivity index (χ1) is 8.21. The number of carbonyl (C=O) groups is 1. The summed E-state index contributed by atoms with van der Waals surface area (Å²) in [6, 6.07) is 0. The first-order valence-electron chi connectivity index (χ1n) is 6.84. The molecule has 0 fully saturated rings. The Labute approximate surface area is 106 Å². The smallest absolute Gasteiger partial charge is 0.335 e. The maximum absolute atomic E-state index is 11.8. The highest BCUT2D eigenvalue weighted by atomic mass is 16.5. The zero-order valence-electron chi connectivity index (χ0n) is 11.8. The number of nitrogens with one attached hydrogen (secondary N) is 1. The SMILES string of the molecule is CCCCNC(CC)=C(CCC)C(=O)OCC. The molecule has 3 heteroatoms. The fourth-order valence-electron chi connectivity index (χ4n) is 1.71. The van der Waals surface area contributed by atoms with E-state index in [9.17, 15) is 4.79 Å². The molecular formula is C14H27NO2. The van der Waals surface area contributed by atoms with Crippen molar-refractivity contribution in [3.63, 3.8) is 0 Å². The van der Waals surface area contributed by atoms with Crippen molar-refractivity contribution in [1.82, 2.24) is 5.32 Å². The summed E-state index contributed by atoms with van der Waals surface area (Å²) >= 11 is 0. The van der Waals surface area contributed by atoms with Crippen LogP contribution in [0.5, 0.6) is 0 Å². The number of hydrogen-bond donors (Lipinski definition) is 1. The van der Waals surface area contributed by atoms with E-state index in [4.69, 9.17) is 4.74 Å². The van der Waals surface area contributed by atoms with Gasteiger partial charge in [0.1, 0.15) is 0 Å². The van der Waals surface area contributed by atoms with Crippen molar-refractivity contribution in [2.24, 2.45) is 0 Å².